The van der Waals surface area contributed by atoms with Crippen LogP contribution in [-0.4, -0.2) is 42.4 Å². The third-order valence-corrected chi connectivity index (χ3v) is 5.66. The van der Waals surface area contributed by atoms with Gasteiger partial charge in [-0.2, -0.15) is 0 Å². The van der Waals surface area contributed by atoms with Crippen LogP contribution in [0.1, 0.15) is 44.5 Å². The maximum absolute atomic E-state index is 9.73. The molecule has 0 radical (unpaired) electrons. The lowest BCUT2D eigenvalue weighted by atomic mass is 9.95. The number of aromatic nitrogens is 4. The van der Waals surface area contributed by atoms with E-state index in [1.165, 1.54) is 0 Å². The molecule has 1 atom stereocenters. The SMILES string of the molecule is CC(O)c1nc2ccc(Nc3ncc4cccc(OC5CCC(O)CC5)c4n3)cc2[nH]1. The molecule has 2 aromatic carbocycles. The first-order valence-corrected chi connectivity index (χ1v) is 10.6. The molecule has 0 amide bonds. The first-order chi connectivity index (χ1) is 15.0. The summed E-state index contributed by atoms with van der Waals surface area (Å²) in [4.78, 5) is 16.6. The van der Waals surface area contributed by atoms with Crippen molar-refractivity contribution in [2.45, 2.75) is 50.9 Å². The summed E-state index contributed by atoms with van der Waals surface area (Å²) in [5.74, 6) is 1.73. The van der Waals surface area contributed by atoms with E-state index in [1.54, 1.807) is 13.1 Å². The van der Waals surface area contributed by atoms with Crippen LogP contribution in [0.4, 0.5) is 11.6 Å². The molecule has 1 aliphatic carbocycles. The van der Waals surface area contributed by atoms with Crippen molar-refractivity contribution in [1.29, 1.82) is 0 Å². The Morgan fingerprint density at radius 2 is 1.97 bits per heavy atom. The zero-order valence-corrected chi connectivity index (χ0v) is 17.2. The highest BCUT2D eigenvalue weighted by Crippen LogP contribution is 2.30. The highest BCUT2D eigenvalue weighted by Gasteiger charge is 2.21. The van der Waals surface area contributed by atoms with Crippen molar-refractivity contribution in [3.63, 3.8) is 0 Å². The Balaban J connectivity index is 1.40. The fourth-order valence-electron chi connectivity index (χ4n) is 3.96. The predicted octanol–water partition coefficient (Wildman–Crippen LogP) is 3.99. The highest BCUT2D eigenvalue weighted by atomic mass is 16.5. The third-order valence-electron chi connectivity index (χ3n) is 5.66. The number of para-hydroxylation sites is 1. The van der Waals surface area contributed by atoms with Gasteiger partial charge in [0.05, 0.1) is 23.2 Å². The average Bonchev–Trinajstić information content (AvgIpc) is 3.20. The number of anilines is 2. The van der Waals surface area contributed by atoms with Crippen molar-refractivity contribution in [2.75, 3.05) is 5.32 Å². The molecular weight excluding hydrogens is 394 g/mol. The number of imidazole rings is 1. The molecule has 4 N–H and O–H groups in total. The highest BCUT2D eigenvalue weighted by molar-refractivity contribution is 5.85. The molecule has 0 spiro atoms. The number of hydrogen-bond donors (Lipinski definition) is 4. The van der Waals surface area contributed by atoms with Gasteiger partial charge in [0, 0.05) is 17.3 Å². The van der Waals surface area contributed by atoms with Gasteiger partial charge in [-0.1, -0.05) is 12.1 Å². The van der Waals surface area contributed by atoms with Gasteiger partial charge in [-0.15, -0.1) is 0 Å². The molecule has 4 aromatic rings. The van der Waals surface area contributed by atoms with Crippen molar-refractivity contribution in [3.05, 3.63) is 48.4 Å². The van der Waals surface area contributed by atoms with Crippen molar-refractivity contribution in [1.82, 2.24) is 19.9 Å². The Hall–Kier alpha value is -3.23. The Morgan fingerprint density at radius 1 is 1.13 bits per heavy atom. The number of aromatic amines is 1. The van der Waals surface area contributed by atoms with Crippen molar-refractivity contribution in [2.24, 2.45) is 0 Å². The summed E-state index contributed by atoms with van der Waals surface area (Å²) in [6.07, 6.45) is 4.22. The van der Waals surface area contributed by atoms with E-state index in [2.05, 4.69) is 20.3 Å². The lowest BCUT2D eigenvalue weighted by molar-refractivity contribution is 0.0672. The summed E-state index contributed by atoms with van der Waals surface area (Å²) < 4.78 is 6.24. The molecule has 160 valence electrons. The molecule has 2 aromatic heterocycles. The number of aliphatic hydroxyl groups is 2. The normalized spacial score (nSPS) is 20.1. The van der Waals surface area contributed by atoms with Crippen LogP contribution in [0.2, 0.25) is 0 Å². The molecule has 8 heteroatoms. The van der Waals surface area contributed by atoms with Crippen LogP contribution in [0.5, 0.6) is 5.75 Å². The molecule has 1 saturated carbocycles. The van der Waals surface area contributed by atoms with Crippen molar-refractivity contribution in [3.8, 4) is 5.75 Å². The third kappa shape index (κ3) is 4.17. The summed E-state index contributed by atoms with van der Waals surface area (Å²) in [6.45, 7) is 1.68. The summed E-state index contributed by atoms with van der Waals surface area (Å²) in [5, 5.41) is 23.6. The molecule has 2 heterocycles. The molecular formula is C23H25N5O3. The van der Waals surface area contributed by atoms with Gasteiger partial charge in [0.15, 0.2) is 0 Å². The number of fused-ring (bicyclic) bond motifs is 2. The largest absolute Gasteiger partial charge is 0.488 e. The Labute approximate surface area is 179 Å². The number of nitrogens with one attached hydrogen (secondary N) is 2. The molecule has 1 fully saturated rings. The van der Waals surface area contributed by atoms with Gasteiger partial charge >= 0.3 is 0 Å². The molecule has 31 heavy (non-hydrogen) atoms. The van der Waals surface area contributed by atoms with Crippen LogP contribution >= 0.6 is 0 Å². The molecule has 5 rings (SSSR count). The van der Waals surface area contributed by atoms with Crippen LogP contribution in [0.3, 0.4) is 0 Å². The lowest BCUT2D eigenvalue weighted by Gasteiger charge is -2.26. The number of benzene rings is 2. The fraction of sp³-hybridized carbons (Fsp3) is 0.348. The average molecular weight is 419 g/mol. The molecule has 0 bridgehead atoms. The zero-order valence-electron chi connectivity index (χ0n) is 17.2. The quantitative estimate of drug-likeness (QED) is 0.386. The van der Waals surface area contributed by atoms with E-state index < -0.39 is 6.10 Å². The number of ether oxygens (including phenoxy) is 1. The lowest BCUT2D eigenvalue weighted by Crippen LogP contribution is -2.26. The summed E-state index contributed by atoms with van der Waals surface area (Å²) >= 11 is 0. The number of aliphatic hydroxyl groups excluding tert-OH is 2. The minimum Gasteiger partial charge on any atom is -0.488 e. The van der Waals surface area contributed by atoms with Crippen LogP contribution in [0.15, 0.2) is 42.6 Å². The maximum Gasteiger partial charge on any atom is 0.227 e. The Bertz CT molecular complexity index is 1210. The molecule has 0 saturated heterocycles. The van der Waals surface area contributed by atoms with Crippen LogP contribution in [0, 0.1) is 0 Å². The monoisotopic (exact) mass is 419 g/mol. The maximum atomic E-state index is 9.73. The van der Waals surface area contributed by atoms with Gasteiger partial charge in [-0.25, -0.2) is 15.0 Å². The standard InChI is InChI=1S/C23H25N5O3/c1-13(29)22-26-18-10-5-15(11-19(18)27-22)25-23-24-12-14-3-2-4-20(21(14)28-23)31-17-8-6-16(30)7-9-17/h2-5,10-13,16-17,29-30H,6-9H2,1H3,(H,26,27)(H,24,25,28). The fourth-order valence-corrected chi connectivity index (χ4v) is 3.96. The second kappa shape index (κ2) is 8.13. The van der Waals surface area contributed by atoms with E-state index in [9.17, 15) is 10.2 Å². The summed E-state index contributed by atoms with van der Waals surface area (Å²) in [7, 11) is 0. The van der Waals surface area contributed by atoms with Gasteiger partial charge in [0.1, 0.15) is 23.2 Å². The van der Waals surface area contributed by atoms with E-state index >= 15 is 0 Å². The second-order valence-corrected chi connectivity index (χ2v) is 8.09. The summed E-state index contributed by atoms with van der Waals surface area (Å²) in [5.41, 5.74) is 3.18. The van der Waals surface area contributed by atoms with E-state index in [0.29, 0.717) is 11.8 Å². The molecule has 1 unspecified atom stereocenters. The second-order valence-electron chi connectivity index (χ2n) is 8.09. The van der Waals surface area contributed by atoms with Crippen LogP contribution < -0.4 is 10.1 Å². The Morgan fingerprint density at radius 3 is 2.77 bits per heavy atom. The Kier molecular flexibility index (Phi) is 5.17. The number of rotatable bonds is 5. The molecule has 8 nitrogen and oxygen atoms in total. The van der Waals surface area contributed by atoms with E-state index in [4.69, 9.17) is 9.72 Å². The minimum atomic E-state index is -0.654. The van der Waals surface area contributed by atoms with Crippen molar-refractivity contribution >= 4 is 33.6 Å². The van der Waals surface area contributed by atoms with Gasteiger partial charge in [-0.3, -0.25) is 0 Å². The van der Waals surface area contributed by atoms with Crippen LogP contribution in [0.25, 0.3) is 21.9 Å². The zero-order chi connectivity index (χ0) is 21.4. The van der Waals surface area contributed by atoms with E-state index in [-0.39, 0.29) is 12.2 Å². The van der Waals surface area contributed by atoms with E-state index in [1.807, 2.05) is 36.4 Å². The first-order valence-electron chi connectivity index (χ1n) is 10.6. The topological polar surface area (TPSA) is 116 Å². The van der Waals surface area contributed by atoms with Gasteiger partial charge in [0.25, 0.3) is 0 Å². The molecule has 1 aliphatic rings. The van der Waals surface area contributed by atoms with Gasteiger partial charge < -0.3 is 25.3 Å². The number of hydrogen-bond acceptors (Lipinski definition) is 7. The predicted molar refractivity (Wildman–Crippen MR) is 118 cm³/mol. The smallest absolute Gasteiger partial charge is 0.227 e. The number of nitrogens with zero attached hydrogens (tertiary/aromatic N) is 3. The number of H-pyrrole nitrogens is 1. The first kappa shape index (κ1) is 19.7. The molecule has 0 aliphatic heterocycles. The van der Waals surface area contributed by atoms with Gasteiger partial charge in [-0.05, 0) is 56.9 Å². The van der Waals surface area contributed by atoms with Crippen molar-refractivity contribution < 1.29 is 14.9 Å². The van der Waals surface area contributed by atoms with Crippen LogP contribution in [-0.2, 0) is 0 Å². The van der Waals surface area contributed by atoms with E-state index in [0.717, 1.165) is 59.1 Å². The van der Waals surface area contributed by atoms with Gasteiger partial charge in [0.2, 0.25) is 5.95 Å². The minimum absolute atomic E-state index is 0.0891. The summed E-state index contributed by atoms with van der Waals surface area (Å²) in [6, 6.07) is 11.5.